The molecule has 1 aromatic heterocycles. The molecule has 0 bridgehead atoms. The summed E-state index contributed by atoms with van der Waals surface area (Å²) in [5.74, 6) is -0.240. The van der Waals surface area contributed by atoms with Gasteiger partial charge in [0, 0.05) is 62.7 Å². The Morgan fingerprint density at radius 1 is 1.06 bits per heavy atom. The first-order chi connectivity index (χ1) is 15.3. The van der Waals surface area contributed by atoms with Crippen molar-refractivity contribution >= 4 is 33.2 Å². The van der Waals surface area contributed by atoms with Crippen molar-refractivity contribution in [1.82, 2.24) is 19.0 Å². The zero-order valence-corrected chi connectivity index (χ0v) is 20.2. The molecule has 0 aliphatic carbocycles. The molecule has 0 spiro atoms. The summed E-state index contributed by atoms with van der Waals surface area (Å²) in [4.78, 5) is 17.1. The second-order valence-corrected chi connectivity index (χ2v) is 10.7. The van der Waals surface area contributed by atoms with Crippen LogP contribution >= 0.6 is 11.6 Å². The quantitative estimate of drug-likeness (QED) is 0.658. The van der Waals surface area contributed by atoms with Gasteiger partial charge in [-0.05, 0) is 50.8 Å². The van der Waals surface area contributed by atoms with Crippen LogP contribution in [0.5, 0.6) is 0 Å². The lowest BCUT2D eigenvalue weighted by molar-refractivity contribution is 0.0720. The summed E-state index contributed by atoms with van der Waals surface area (Å²) in [6, 6.07) is 5.74. The molecule has 0 saturated carbocycles. The molecular formula is C22H30ClN5O3S. The van der Waals surface area contributed by atoms with Crippen LogP contribution in [0.25, 0.3) is 0 Å². The highest BCUT2D eigenvalue weighted by Gasteiger charge is 2.36. The summed E-state index contributed by atoms with van der Waals surface area (Å²) >= 11 is 6.17. The predicted molar refractivity (Wildman–Crippen MR) is 125 cm³/mol. The van der Waals surface area contributed by atoms with E-state index in [4.69, 9.17) is 11.6 Å². The van der Waals surface area contributed by atoms with E-state index in [0.29, 0.717) is 50.8 Å². The van der Waals surface area contributed by atoms with Crippen molar-refractivity contribution in [3.8, 4) is 0 Å². The summed E-state index contributed by atoms with van der Waals surface area (Å²) < 4.78 is 30.0. The molecular weight excluding hydrogens is 450 g/mol. The topological polar surface area (TPSA) is 78.8 Å². The maximum atomic E-state index is 13.5. The Balaban J connectivity index is 1.55. The van der Waals surface area contributed by atoms with E-state index in [9.17, 15) is 13.2 Å². The lowest BCUT2D eigenvalue weighted by Gasteiger charge is -2.36. The van der Waals surface area contributed by atoms with Crippen LogP contribution in [0.15, 0.2) is 29.4 Å². The van der Waals surface area contributed by atoms with Gasteiger partial charge in [0.2, 0.25) is 5.03 Å². The van der Waals surface area contributed by atoms with E-state index in [2.05, 4.69) is 10.00 Å². The molecule has 174 valence electrons. The highest BCUT2D eigenvalue weighted by Crippen LogP contribution is 2.28. The molecule has 0 N–H and O–H groups in total. The lowest BCUT2D eigenvalue weighted by atomic mass is 10.1. The highest BCUT2D eigenvalue weighted by molar-refractivity contribution is 7.89. The Morgan fingerprint density at radius 3 is 2.41 bits per heavy atom. The maximum absolute atomic E-state index is 13.5. The van der Waals surface area contributed by atoms with Crippen molar-refractivity contribution in [2.45, 2.75) is 44.7 Å². The number of hydrogen-bond acceptors (Lipinski definition) is 5. The number of piperidine rings is 1. The molecule has 0 unspecified atom stereocenters. The summed E-state index contributed by atoms with van der Waals surface area (Å²) in [6.07, 6.45) is 4.57. The van der Waals surface area contributed by atoms with Gasteiger partial charge in [-0.3, -0.25) is 9.48 Å². The minimum absolute atomic E-state index is 0.123. The SMILES string of the molecule is CCn1cc(C(=O)N2CCCCC2)c(S(=O)(=O)N2CCN(c3cc(Cl)ccc3C)CC2)n1. The molecule has 32 heavy (non-hydrogen) atoms. The molecule has 2 aliphatic rings. The van der Waals surface area contributed by atoms with E-state index < -0.39 is 10.0 Å². The van der Waals surface area contributed by atoms with Gasteiger partial charge in [0.05, 0.1) is 5.56 Å². The number of benzene rings is 1. The number of sulfonamides is 1. The van der Waals surface area contributed by atoms with Crippen LogP contribution in [0.3, 0.4) is 0 Å². The van der Waals surface area contributed by atoms with E-state index in [1.54, 1.807) is 11.1 Å². The number of amides is 1. The van der Waals surface area contributed by atoms with Crippen LogP contribution in [0.2, 0.25) is 5.02 Å². The average molecular weight is 480 g/mol. The van der Waals surface area contributed by atoms with Crippen molar-refractivity contribution in [1.29, 1.82) is 0 Å². The summed E-state index contributed by atoms with van der Waals surface area (Å²) in [7, 11) is -3.89. The van der Waals surface area contributed by atoms with Crippen molar-refractivity contribution in [3.05, 3.63) is 40.5 Å². The molecule has 2 fully saturated rings. The van der Waals surface area contributed by atoms with Gasteiger partial charge in [0.1, 0.15) is 0 Å². The van der Waals surface area contributed by atoms with Crippen molar-refractivity contribution < 1.29 is 13.2 Å². The standard InChI is InChI=1S/C22H30ClN5O3S/c1-3-27-16-19(22(29)26-9-5-4-6-10-26)21(24-27)32(30,31)28-13-11-25(12-14-28)20-15-18(23)8-7-17(20)2/h7-8,15-16H,3-6,9-14H2,1-2H3. The van der Waals surface area contributed by atoms with E-state index >= 15 is 0 Å². The Bertz CT molecular complexity index is 1090. The first-order valence-corrected chi connectivity index (χ1v) is 13.0. The van der Waals surface area contributed by atoms with Crippen LogP contribution in [-0.4, -0.2) is 72.6 Å². The number of likely N-dealkylation sites (tertiary alicyclic amines) is 1. The molecule has 2 saturated heterocycles. The van der Waals surface area contributed by atoms with Crippen LogP contribution in [0.1, 0.15) is 42.1 Å². The van der Waals surface area contributed by atoms with Gasteiger partial charge in [0.15, 0.2) is 0 Å². The smallest absolute Gasteiger partial charge is 0.263 e. The monoisotopic (exact) mass is 479 g/mol. The molecule has 10 heteroatoms. The van der Waals surface area contributed by atoms with E-state index in [-0.39, 0.29) is 16.5 Å². The fraction of sp³-hybridized carbons (Fsp3) is 0.545. The number of aryl methyl sites for hydroxylation is 2. The molecule has 0 atom stereocenters. The Morgan fingerprint density at radius 2 is 1.75 bits per heavy atom. The van der Waals surface area contributed by atoms with Gasteiger partial charge < -0.3 is 9.80 Å². The molecule has 2 aromatic rings. The van der Waals surface area contributed by atoms with Crippen LogP contribution in [0.4, 0.5) is 5.69 Å². The molecule has 1 amide bonds. The third kappa shape index (κ3) is 4.51. The maximum Gasteiger partial charge on any atom is 0.263 e. The van der Waals surface area contributed by atoms with E-state index in [1.165, 1.54) is 8.99 Å². The first-order valence-electron chi connectivity index (χ1n) is 11.2. The Hall–Kier alpha value is -2.10. The Kier molecular flexibility index (Phi) is 6.78. The summed E-state index contributed by atoms with van der Waals surface area (Å²) in [6.45, 7) is 7.46. The van der Waals surface area contributed by atoms with Crippen molar-refractivity contribution in [2.24, 2.45) is 0 Å². The summed E-state index contributed by atoms with van der Waals surface area (Å²) in [5, 5.41) is 4.84. The number of carbonyl (C=O) groups is 1. The van der Waals surface area contributed by atoms with Gasteiger partial charge in [0.25, 0.3) is 15.9 Å². The average Bonchev–Trinajstić information content (AvgIpc) is 3.26. The first kappa shape index (κ1) is 23.1. The van der Waals surface area contributed by atoms with Gasteiger partial charge >= 0.3 is 0 Å². The fourth-order valence-corrected chi connectivity index (χ4v) is 6.07. The number of halogens is 1. The van der Waals surface area contributed by atoms with Crippen molar-refractivity contribution in [3.63, 3.8) is 0 Å². The zero-order chi connectivity index (χ0) is 22.9. The molecule has 8 nitrogen and oxygen atoms in total. The summed E-state index contributed by atoms with van der Waals surface area (Å²) in [5.41, 5.74) is 2.30. The number of rotatable bonds is 5. The second kappa shape index (κ2) is 9.41. The predicted octanol–water partition coefficient (Wildman–Crippen LogP) is 3.00. The third-order valence-electron chi connectivity index (χ3n) is 6.26. The molecule has 2 aliphatic heterocycles. The van der Waals surface area contributed by atoms with Gasteiger partial charge in [-0.15, -0.1) is 0 Å². The van der Waals surface area contributed by atoms with Crippen molar-refractivity contribution in [2.75, 3.05) is 44.2 Å². The minimum Gasteiger partial charge on any atom is -0.369 e. The Labute approximate surface area is 194 Å². The number of anilines is 1. The van der Waals surface area contributed by atoms with Crippen LogP contribution < -0.4 is 4.90 Å². The largest absolute Gasteiger partial charge is 0.369 e. The van der Waals surface area contributed by atoms with Gasteiger partial charge in [-0.1, -0.05) is 17.7 Å². The van der Waals surface area contributed by atoms with Crippen LogP contribution in [0, 0.1) is 6.92 Å². The number of hydrogen-bond donors (Lipinski definition) is 0. The lowest BCUT2D eigenvalue weighted by Crippen LogP contribution is -2.49. The zero-order valence-electron chi connectivity index (χ0n) is 18.6. The number of piperazine rings is 1. The fourth-order valence-electron chi connectivity index (χ4n) is 4.39. The van der Waals surface area contributed by atoms with Gasteiger partial charge in [-0.2, -0.15) is 9.40 Å². The molecule has 1 aromatic carbocycles. The molecule has 3 heterocycles. The second-order valence-electron chi connectivity index (χ2n) is 8.38. The highest BCUT2D eigenvalue weighted by atomic mass is 35.5. The third-order valence-corrected chi connectivity index (χ3v) is 8.33. The number of aromatic nitrogens is 2. The normalized spacial score (nSPS) is 18.2. The number of nitrogens with zero attached hydrogens (tertiary/aromatic N) is 5. The molecule has 0 radical (unpaired) electrons. The van der Waals surface area contributed by atoms with Crippen LogP contribution in [-0.2, 0) is 16.6 Å². The van der Waals surface area contributed by atoms with Gasteiger partial charge in [-0.25, -0.2) is 8.42 Å². The molecule has 4 rings (SSSR count). The number of carbonyl (C=O) groups excluding carboxylic acids is 1. The minimum atomic E-state index is -3.89. The van der Waals surface area contributed by atoms with E-state index in [0.717, 1.165) is 30.5 Å². The van der Waals surface area contributed by atoms with E-state index in [1.807, 2.05) is 32.0 Å².